The van der Waals surface area contributed by atoms with Gasteiger partial charge in [-0.05, 0) is 44.3 Å². The summed E-state index contributed by atoms with van der Waals surface area (Å²) in [7, 11) is 0. The van der Waals surface area contributed by atoms with Gasteiger partial charge in [0.25, 0.3) is 0 Å². The molecule has 0 spiro atoms. The third kappa shape index (κ3) is 5.33. The van der Waals surface area contributed by atoms with Crippen molar-refractivity contribution >= 4 is 17.5 Å². The molecule has 2 nitrogen and oxygen atoms in total. The van der Waals surface area contributed by atoms with E-state index in [0.717, 1.165) is 25.4 Å². The summed E-state index contributed by atoms with van der Waals surface area (Å²) in [4.78, 5) is 14.4. The van der Waals surface area contributed by atoms with E-state index in [-0.39, 0.29) is 16.9 Å². The molecule has 1 atom stereocenters. The molecular formula is C15H22FNOS. The molecule has 0 fully saturated rings. The van der Waals surface area contributed by atoms with Crippen LogP contribution in [-0.4, -0.2) is 41.3 Å². The Balaban J connectivity index is 2.42. The number of halogens is 1. The first-order valence-corrected chi connectivity index (χ1v) is 7.77. The summed E-state index contributed by atoms with van der Waals surface area (Å²) < 4.78 is 12.8. The van der Waals surface area contributed by atoms with E-state index in [0.29, 0.717) is 5.56 Å². The predicted molar refractivity (Wildman–Crippen MR) is 80.4 cm³/mol. The number of hydrogen-bond donors (Lipinski definition) is 0. The zero-order valence-corrected chi connectivity index (χ0v) is 12.7. The van der Waals surface area contributed by atoms with Crippen LogP contribution in [0.5, 0.6) is 0 Å². The highest BCUT2D eigenvalue weighted by Crippen LogP contribution is 2.16. The zero-order chi connectivity index (χ0) is 14.3. The fraction of sp³-hybridized carbons (Fsp3) is 0.533. The third-order valence-corrected chi connectivity index (χ3v) is 4.30. The Bertz CT molecular complexity index is 390. The average Bonchev–Trinajstić information content (AvgIpc) is 2.43. The molecule has 19 heavy (non-hydrogen) atoms. The van der Waals surface area contributed by atoms with Crippen molar-refractivity contribution in [2.45, 2.75) is 26.0 Å². The fourth-order valence-corrected chi connectivity index (χ4v) is 2.83. The lowest BCUT2D eigenvalue weighted by Crippen LogP contribution is -2.26. The molecule has 0 radical (unpaired) electrons. The van der Waals surface area contributed by atoms with Crippen molar-refractivity contribution in [2.75, 3.05) is 25.4 Å². The van der Waals surface area contributed by atoms with Gasteiger partial charge in [0, 0.05) is 17.9 Å². The topological polar surface area (TPSA) is 20.3 Å². The number of benzene rings is 1. The van der Waals surface area contributed by atoms with Crippen molar-refractivity contribution in [2.24, 2.45) is 0 Å². The second kappa shape index (κ2) is 8.33. The minimum atomic E-state index is -0.307. The minimum Gasteiger partial charge on any atom is -0.303 e. The van der Waals surface area contributed by atoms with Gasteiger partial charge >= 0.3 is 0 Å². The number of thioether (sulfide) groups is 1. The molecule has 1 unspecified atom stereocenters. The summed E-state index contributed by atoms with van der Waals surface area (Å²) in [5.74, 6) is 0.707. The number of carbonyl (C=O) groups excluding carboxylic acids is 1. The molecule has 0 aliphatic carbocycles. The van der Waals surface area contributed by atoms with Crippen molar-refractivity contribution in [3.05, 3.63) is 35.6 Å². The van der Waals surface area contributed by atoms with Crippen molar-refractivity contribution in [1.82, 2.24) is 4.90 Å². The van der Waals surface area contributed by atoms with E-state index in [1.807, 2.05) is 6.92 Å². The van der Waals surface area contributed by atoms with Crippen LogP contribution in [-0.2, 0) is 0 Å². The number of rotatable bonds is 8. The summed E-state index contributed by atoms with van der Waals surface area (Å²) >= 11 is 1.66. The molecule has 1 rings (SSSR count). The van der Waals surface area contributed by atoms with Gasteiger partial charge < -0.3 is 4.90 Å². The highest BCUT2D eigenvalue weighted by Gasteiger charge is 2.15. The smallest absolute Gasteiger partial charge is 0.175 e. The molecule has 0 saturated carbocycles. The van der Waals surface area contributed by atoms with Crippen LogP contribution in [0.1, 0.15) is 31.1 Å². The van der Waals surface area contributed by atoms with Crippen LogP contribution < -0.4 is 0 Å². The van der Waals surface area contributed by atoms with Gasteiger partial charge in [-0.25, -0.2) is 4.39 Å². The van der Waals surface area contributed by atoms with Crippen LogP contribution in [0.4, 0.5) is 4.39 Å². The van der Waals surface area contributed by atoms with Crippen LogP contribution in [0.3, 0.4) is 0 Å². The molecule has 0 aromatic heterocycles. The molecule has 0 heterocycles. The second-order valence-corrected chi connectivity index (χ2v) is 5.86. The largest absolute Gasteiger partial charge is 0.303 e. The summed E-state index contributed by atoms with van der Waals surface area (Å²) in [5.41, 5.74) is 0.587. The Labute approximate surface area is 119 Å². The molecule has 0 saturated heterocycles. The van der Waals surface area contributed by atoms with Gasteiger partial charge in [0.15, 0.2) is 5.78 Å². The third-order valence-electron chi connectivity index (χ3n) is 3.17. The molecule has 106 valence electrons. The normalized spacial score (nSPS) is 12.7. The van der Waals surface area contributed by atoms with E-state index in [4.69, 9.17) is 0 Å². The first kappa shape index (κ1) is 16.2. The van der Waals surface area contributed by atoms with Crippen molar-refractivity contribution < 1.29 is 9.18 Å². The fourth-order valence-electron chi connectivity index (χ4n) is 1.82. The maximum atomic E-state index is 12.8. The molecular weight excluding hydrogens is 261 g/mol. The predicted octanol–water partition coefficient (Wildman–Crippen LogP) is 3.47. The van der Waals surface area contributed by atoms with Crippen molar-refractivity contribution in [1.29, 1.82) is 0 Å². The zero-order valence-electron chi connectivity index (χ0n) is 11.9. The molecule has 1 aromatic rings. The van der Waals surface area contributed by atoms with Crippen LogP contribution in [0.15, 0.2) is 24.3 Å². The number of ketones is 1. The van der Waals surface area contributed by atoms with E-state index in [1.54, 1.807) is 23.9 Å². The number of Topliss-reactive ketones (excluding diaryl/α,β-unsaturated/α-hetero) is 1. The van der Waals surface area contributed by atoms with E-state index in [9.17, 15) is 9.18 Å². The van der Waals surface area contributed by atoms with Crippen molar-refractivity contribution in [3.63, 3.8) is 0 Å². The molecule has 4 heteroatoms. The minimum absolute atomic E-state index is 0.0737. The average molecular weight is 283 g/mol. The maximum absolute atomic E-state index is 12.8. The quantitative estimate of drug-likeness (QED) is 0.681. The lowest BCUT2D eigenvalue weighted by atomic mass is 10.1. The van der Waals surface area contributed by atoms with Crippen LogP contribution in [0.2, 0.25) is 0 Å². The van der Waals surface area contributed by atoms with Gasteiger partial charge in [-0.1, -0.05) is 13.8 Å². The van der Waals surface area contributed by atoms with E-state index >= 15 is 0 Å². The van der Waals surface area contributed by atoms with Crippen LogP contribution >= 0.6 is 11.8 Å². The summed E-state index contributed by atoms with van der Waals surface area (Å²) in [6, 6.07) is 5.78. The standard InChI is InChI=1S/C15H22FNOS/c1-4-17(5-2)10-11-19-12(3)15(18)13-6-8-14(16)9-7-13/h6-9,12H,4-5,10-11H2,1-3H3. The van der Waals surface area contributed by atoms with Gasteiger partial charge in [-0.15, -0.1) is 11.8 Å². The van der Waals surface area contributed by atoms with Gasteiger partial charge in [0.1, 0.15) is 5.82 Å². The Morgan fingerprint density at radius 2 is 1.84 bits per heavy atom. The Hall–Kier alpha value is -0.870. The van der Waals surface area contributed by atoms with Gasteiger partial charge in [0.2, 0.25) is 0 Å². The van der Waals surface area contributed by atoms with Crippen LogP contribution in [0.25, 0.3) is 0 Å². The molecule has 0 aliphatic rings. The Morgan fingerprint density at radius 1 is 1.26 bits per heavy atom. The Kier molecular flexibility index (Phi) is 7.10. The highest BCUT2D eigenvalue weighted by atomic mass is 32.2. The van der Waals surface area contributed by atoms with Gasteiger partial charge in [-0.2, -0.15) is 0 Å². The molecule has 0 aliphatic heterocycles. The van der Waals surface area contributed by atoms with Gasteiger partial charge in [-0.3, -0.25) is 4.79 Å². The van der Waals surface area contributed by atoms with Crippen LogP contribution in [0, 0.1) is 5.82 Å². The number of carbonyl (C=O) groups is 1. The lowest BCUT2D eigenvalue weighted by molar-refractivity contribution is 0.0994. The Morgan fingerprint density at radius 3 is 2.37 bits per heavy atom. The molecule has 0 bridgehead atoms. The SMILES string of the molecule is CCN(CC)CCSC(C)C(=O)c1ccc(F)cc1. The first-order chi connectivity index (χ1) is 9.08. The maximum Gasteiger partial charge on any atom is 0.175 e. The first-order valence-electron chi connectivity index (χ1n) is 6.72. The number of hydrogen-bond acceptors (Lipinski definition) is 3. The van der Waals surface area contributed by atoms with Crippen molar-refractivity contribution in [3.8, 4) is 0 Å². The van der Waals surface area contributed by atoms with E-state index < -0.39 is 0 Å². The highest BCUT2D eigenvalue weighted by molar-refractivity contribution is 8.00. The summed E-state index contributed by atoms with van der Waals surface area (Å²) in [6.45, 7) is 9.27. The second-order valence-electron chi connectivity index (χ2n) is 4.41. The van der Waals surface area contributed by atoms with E-state index in [1.165, 1.54) is 12.1 Å². The molecule has 1 aromatic carbocycles. The summed E-state index contributed by atoms with van der Waals surface area (Å²) in [6.07, 6.45) is 0. The summed E-state index contributed by atoms with van der Waals surface area (Å²) in [5, 5.41) is -0.0824. The monoisotopic (exact) mass is 283 g/mol. The van der Waals surface area contributed by atoms with Gasteiger partial charge in [0.05, 0.1) is 5.25 Å². The number of nitrogens with zero attached hydrogens (tertiary/aromatic N) is 1. The van der Waals surface area contributed by atoms with E-state index in [2.05, 4.69) is 18.7 Å². The molecule has 0 amide bonds. The lowest BCUT2D eigenvalue weighted by Gasteiger charge is -2.18. The molecule has 0 N–H and O–H groups in total.